The highest BCUT2D eigenvalue weighted by atomic mass is 16.6. The Hall–Kier alpha value is -3.48. The molecule has 2 rings (SSSR count). The molecule has 0 aromatic heterocycles. The normalized spacial score (nSPS) is 13.6. The number of carbonyl (C=O) groups is 4. The van der Waals surface area contributed by atoms with E-state index in [2.05, 4.69) is 0 Å². The fourth-order valence-corrected chi connectivity index (χ4v) is 2.49. The smallest absolute Gasteiger partial charge is 0.347 e. The fraction of sp³-hybridized carbons (Fsp3) is 0.273. The van der Waals surface area contributed by atoms with Crippen LogP contribution in [0.1, 0.15) is 48.2 Å². The van der Waals surface area contributed by atoms with Crippen LogP contribution in [-0.4, -0.2) is 41.0 Å². The summed E-state index contributed by atoms with van der Waals surface area (Å²) in [4.78, 5) is 47.6. The van der Waals surface area contributed by atoms with E-state index in [0.29, 0.717) is 16.7 Å². The molecule has 152 valence electrons. The van der Waals surface area contributed by atoms with Gasteiger partial charge in [0.1, 0.15) is 0 Å². The molecule has 2 aromatic rings. The molecule has 29 heavy (non-hydrogen) atoms. The Bertz CT molecular complexity index is 904. The summed E-state index contributed by atoms with van der Waals surface area (Å²) in [5, 5.41) is 8.77. The molecule has 0 aliphatic carbocycles. The maximum absolute atomic E-state index is 12.6. The van der Waals surface area contributed by atoms with Crippen molar-refractivity contribution in [3.63, 3.8) is 0 Å². The van der Waals surface area contributed by atoms with Gasteiger partial charge >= 0.3 is 17.9 Å². The summed E-state index contributed by atoms with van der Waals surface area (Å²) in [7, 11) is 0. The number of aliphatic carboxylic acids is 1. The Morgan fingerprint density at radius 1 is 0.759 bits per heavy atom. The minimum Gasteiger partial charge on any atom is -0.479 e. The predicted octanol–water partition coefficient (Wildman–Crippen LogP) is 2.97. The van der Waals surface area contributed by atoms with Gasteiger partial charge in [-0.15, -0.1) is 0 Å². The topological polar surface area (TPSA) is 107 Å². The molecule has 3 atom stereocenters. The van der Waals surface area contributed by atoms with E-state index in [4.69, 9.17) is 14.6 Å². The van der Waals surface area contributed by atoms with Crippen LogP contribution in [0.4, 0.5) is 0 Å². The van der Waals surface area contributed by atoms with E-state index < -0.39 is 36.0 Å². The van der Waals surface area contributed by atoms with Gasteiger partial charge in [0, 0.05) is 11.1 Å². The third kappa shape index (κ3) is 5.75. The van der Waals surface area contributed by atoms with Gasteiger partial charge in [0.2, 0.25) is 0 Å². The van der Waals surface area contributed by atoms with Crippen molar-refractivity contribution in [2.45, 2.75) is 38.9 Å². The third-order valence-corrected chi connectivity index (χ3v) is 4.30. The van der Waals surface area contributed by atoms with Gasteiger partial charge < -0.3 is 14.6 Å². The fourth-order valence-electron chi connectivity index (χ4n) is 2.49. The van der Waals surface area contributed by atoms with Crippen LogP contribution in [0.3, 0.4) is 0 Å². The molecule has 0 bridgehead atoms. The molecule has 0 saturated carbocycles. The molecule has 1 N–H and O–H groups in total. The van der Waals surface area contributed by atoms with Crippen LogP contribution in [0, 0.1) is 0 Å². The lowest BCUT2D eigenvalue weighted by Crippen LogP contribution is -2.33. The Kier molecular flexibility index (Phi) is 7.25. The van der Waals surface area contributed by atoms with E-state index in [9.17, 15) is 19.2 Å². The molecular weight excluding hydrogens is 376 g/mol. The molecule has 2 aromatic carbocycles. The number of ether oxygens (including phenoxy) is 2. The van der Waals surface area contributed by atoms with Crippen molar-refractivity contribution < 1.29 is 33.8 Å². The van der Waals surface area contributed by atoms with Crippen molar-refractivity contribution in [1.29, 1.82) is 0 Å². The lowest BCUT2D eigenvalue weighted by molar-refractivity contribution is -0.175. The van der Waals surface area contributed by atoms with Crippen LogP contribution in [0.2, 0.25) is 0 Å². The van der Waals surface area contributed by atoms with Crippen molar-refractivity contribution in [1.82, 2.24) is 0 Å². The molecule has 0 aliphatic heterocycles. The van der Waals surface area contributed by atoms with Crippen molar-refractivity contribution >= 4 is 23.7 Å². The van der Waals surface area contributed by atoms with Gasteiger partial charge in [-0.05, 0) is 32.4 Å². The Morgan fingerprint density at radius 3 is 1.97 bits per heavy atom. The Labute approximate surface area is 168 Å². The van der Waals surface area contributed by atoms with Gasteiger partial charge in [-0.2, -0.15) is 0 Å². The molecular formula is C22H22O7. The molecule has 0 saturated heterocycles. The highest BCUT2D eigenvalue weighted by Gasteiger charge is 2.27. The molecule has 0 amide bonds. The van der Waals surface area contributed by atoms with Gasteiger partial charge in [-0.3, -0.25) is 9.59 Å². The van der Waals surface area contributed by atoms with Crippen LogP contribution < -0.4 is 0 Å². The standard InChI is InChI=1S/C22H22O7/c1-13(21(26)29-15(3)22(27)28-14(2)20(24)25)17-10-7-11-18(12-17)19(23)16-8-5-4-6-9-16/h4-15H,1-3H3,(H,24,25). The maximum atomic E-state index is 12.6. The lowest BCUT2D eigenvalue weighted by atomic mass is 9.96. The average molecular weight is 398 g/mol. The van der Waals surface area contributed by atoms with E-state index in [1.165, 1.54) is 13.8 Å². The number of ketones is 1. The molecule has 0 radical (unpaired) electrons. The summed E-state index contributed by atoms with van der Waals surface area (Å²) in [6.45, 7) is 4.09. The van der Waals surface area contributed by atoms with Crippen LogP contribution in [-0.2, 0) is 23.9 Å². The first-order valence-corrected chi connectivity index (χ1v) is 9.04. The van der Waals surface area contributed by atoms with E-state index in [1.54, 1.807) is 55.5 Å². The van der Waals surface area contributed by atoms with Gasteiger partial charge in [0.25, 0.3) is 0 Å². The minimum atomic E-state index is -1.35. The lowest BCUT2D eigenvalue weighted by Gasteiger charge is -2.18. The maximum Gasteiger partial charge on any atom is 0.347 e. The summed E-state index contributed by atoms with van der Waals surface area (Å²) in [6.07, 6.45) is -2.61. The first-order valence-electron chi connectivity index (χ1n) is 9.04. The molecule has 7 nitrogen and oxygen atoms in total. The van der Waals surface area contributed by atoms with Gasteiger partial charge in [-0.25, -0.2) is 9.59 Å². The van der Waals surface area contributed by atoms with Gasteiger partial charge in [0.05, 0.1) is 5.92 Å². The van der Waals surface area contributed by atoms with Crippen LogP contribution in [0.5, 0.6) is 0 Å². The first-order chi connectivity index (χ1) is 13.7. The predicted molar refractivity (Wildman–Crippen MR) is 103 cm³/mol. The molecule has 0 spiro atoms. The van der Waals surface area contributed by atoms with E-state index in [-0.39, 0.29) is 5.78 Å². The largest absolute Gasteiger partial charge is 0.479 e. The number of carboxylic acids is 1. The minimum absolute atomic E-state index is 0.173. The second kappa shape index (κ2) is 9.64. The number of benzene rings is 2. The van der Waals surface area contributed by atoms with Crippen molar-refractivity contribution in [2.24, 2.45) is 0 Å². The van der Waals surface area contributed by atoms with E-state index in [1.807, 2.05) is 6.07 Å². The summed E-state index contributed by atoms with van der Waals surface area (Å²) >= 11 is 0. The number of esters is 2. The Morgan fingerprint density at radius 2 is 1.34 bits per heavy atom. The third-order valence-electron chi connectivity index (χ3n) is 4.30. The van der Waals surface area contributed by atoms with Gasteiger partial charge in [-0.1, -0.05) is 48.5 Å². The zero-order chi connectivity index (χ0) is 21.6. The van der Waals surface area contributed by atoms with Gasteiger partial charge in [0.15, 0.2) is 18.0 Å². The molecule has 7 heteroatoms. The van der Waals surface area contributed by atoms with E-state index in [0.717, 1.165) is 0 Å². The van der Waals surface area contributed by atoms with Crippen LogP contribution >= 0.6 is 0 Å². The summed E-state index contributed by atoms with van der Waals surface area (Å²) in [5.74, 6) is -3.86. The summed E-state index contributed by atoms with van der Waals surface area (Å²) in [6, 6.07) is 15.4. The highest BCUT2D eigenvalue weighted by Crippen LogP contribution is 2.21. The average Bonchev–Trinajstić information content (AvgIpc) is 2.73. The molecule has 0 aliphatic rings. The van der Waals surface area contributed by atoms with Crippen molar-refractivity contribution in [3.8, 4) is 0 Å². The van der Waals surface area contributed by atoms with E-state index >= 15 is 0 Å². The summed E-state index contributed by atoms with van der Waals surface area (Å²) in [5.41, 5.74) is 1.51. The number of carbonyl (C=O) groups excluding carboxylic acids is 3. The zero-order valence-corrected chi connectivity index (χ0v) is 16.3. The second-order valence-corrected chi connectivity index (χ2v) is 6.54. The summed E-state index contributed by atoms with van der Waals surface area (Å²) < 4.78 is 9.80. The quantitative estimate of drug-likeness (QED) is 0.538. The first kappa shape index (κ1) is 21.8. The van der Waals surface area contributed by atoms with Crippen LogP contribution in [0.15, 0.2) is 54.6 Å². The molecule has 3 unspecified atom stereocenters. The number of hydrogen-bond donors (Lipinski definition) is 1. The zero-order valence-electron chi connectivity index (χ0n) is 16.3. The monoisotopic (exact) mass is 398 g/mol. The van der Waals surface area contributed by atoms with Crippen molar-refractivity contribution in [2.75, 3.05) is 0 Å². The molecule has 0 fully saturated rings. The molecule has 0 heterocycles. The van der Waals surface area contributed by atoms with Crippen LogP contribution in [0.25, 0.3) is 0 Å². The second-order valence-electron chi connectivity index (χ2n) is 6.54. The van der Waals surface area contributed by atoms with Crippen molar-refractivity contribution in [3.05, 3.63) is 71.3 Å². The Balaban J connectivity index is 2.07. The number of carboxylic acid groups (broad SMARTS) is 1. The SMILES string of the molecule is CC(OC(=O)C(C)OC(=O)C(C)c1cccc(C(=O)c2ccccc2)c1)C(=O)O. The number of hydrogen-bond acceptors (Lipinski definition) is 6. The number of rotatable bonds is 8. The highest BCUT2D eigenvalue weighted by molar-refractivity contribution is 6.09.